The second-order valence-electron chi connectivity index (χ2n) is 5.62. The molecule has 1 unspecified atom stereocenters. The van der Waals surface area contributed by atoms with E-state index < -0.39 is 0 Å². The van der Waals surface area contributed by atoms with Gasteiger partial charge in [0.2, 0.25) is 0 Å². The third-order valence-electron chi connectivity index (χ3n) is 4.11. The van der Waals surface area contributed by atoms with Crippen LogP contribution >= 0.6 is 0 Å². The Balaban J connectivity index is 2.26. The molecule has 1 aliphatic heterocycles. The largest absolute Gasteiger partial charge is 0.462 e. The summed E-state index contributed by atoms with van der Waals surface area (Å²) in [7, 11) is 0. The van der Waals surface area contributed by atoms with Crippen molar-refractivity contribution in [3.63, 3.8) is 0 Å². The number of carbonyl (C=O) groups excluding carboxylic acids is 1. The molecule has 1 aromatic rings. The number of benzene rings is 1. The Morgan fingerprint density at radius 1 is 1.38 bits per heavy atom. The smallest absolute Gasteiger partial charge is 0.340 e. The van der Waals surface area contributed by atoms with Crippen molar-refractivity contribution >= 4 is 17.3 Å². The molecule has 0 amide bonds. The van der Waals surface area contributed by atoms with E-state index in [1.165, 1.54) is 32.1 Å². The summed E-state index contributed by atoms with van der Waals surface area (Å²) in [6.45, 7) is 5.45. The Bertz CT molecular complexity index is 486. The van der Waals surface area contributed by atoms with Gasteiger partial charge in [-0.1, -0.05) is 13.3 Å². The lowest BCUT2D eigenvalue weighted by Crippen LogP contribution is -2.39. The molecule has 0 radical (unpaired) electrons. The van der Waals surface area contributed by atoms with Crippen LogP contribution in [0.15, 0.2) is 18.2 Å². The van der Waals surface area contributed by atoms with Crippen LogP contribution in [0.2, 0.25) is 0 Å². The van der Waals surface area contributed by atoms with Gasteiger partial charge in [0, 0.05) is 24.0 Å². The van der Waals surface area contributed by atoms with Crippen LogP contribution in [0.1, 0.15) is 56.3 Å². The molecule has 116 valence electrons. The first-order valence-electron chi connectivity index (χ1n) is 8.00. The number of nitrogens with two attached hydrogens (primary N) is 1. The molecule has 21 heavy (non-hydrogen) atoms. The van der Waals surface area contributed by atoms with E-state index in [0.29, 0.717) is 23.9 Å². The van der Waals surface area contributed by atoms with Crippen LogP contribution in [0.5, 0.6) is 0 Å². The highest BCUT2D eigenvalue weighted by molar-refractivity contribution is 5.96. The maximum atomic E-state index is 12.0. The molecule has 1 atom stereocenters. The van der Waals surface area contributed by atoms with Crippen LogP contribution in [-0.2, 0) is 4.74 Å². The van der Waals surface area contributed by atoms with Gasteiger partial charge in [-0.05, 0) is 50.8 Å². The highest BCUT2D eigenvalue weighted by Crippen LogP contribution is 2.29. The lowest BCUT2D eigenvalue weighted by Gasteiger charge is -2.38. The van der Waals surface area contributed by atoms with Crippen molar-refractivity contribution in [3.8, 4) is 0 Å². The number of hydrogen-bond acceptors (Lipinski definition) is 4. The van der Waals surface area contributed by atoms with Crippen LogP contribution in [0.3, 0.4) is 0 Å². The van der Waals surface area contributed by atoms with Gasteiger partial charge in [-0.2, -0.15) is 0 Å². The summed E-state index contributed by atoms with van der Waals surface area (Å²) < 4.78 is 5.09. The first-order chi connectivity index (χ1) is 10.2. The van der Waals surface area contributed by atoms with E-state index in [1.54, 1.807) is 6.92 Å². The van der Waals surface area contributed by atoms with E-state index in [4.69, 9.17) is 10.5 Å². The van der Waals surface area contributed by atoms with Gasteiger partial charge in [-0.15, -0.1) is 0 Å². The summed E-state index contributed by atoms with van der Waals surface area (Å²) >= 11 is 0. The average molecular weight is 290 g/mol. The number of rotatable bonds is 5. The van der Waals surface area contributed by atoms with Crippen molar-refractivity contribution < 1.29 is 9.53 Å². The van der Waals surface area contributed by atoms with Crippen molar-refractivity contribution in [2.45, 2.75) is 52.0 Å². The van der Waals surface area contributed by atoms with E-state index in [0.717, 1.165) is 12.2 Å². The zero-order valence-corrected chi connectivity index (χ0v) is 13.1. The monoisotopic (exact) mass is 290 g/mol. The second kappa shape index (κ2) is 7.34. The zero-order valence-electron chi connectivity index (χ0n) is 13.1. The topological polar surface area (TPSA) is 55.6 Å². The van der Waals surface area contributed by atoms with Crippen LogP contribution in [0.25, 0.3) is 0 Å². The number of nitrogens with zero attached hydrogens (tertiary/aromatic N) is 1. The zero-order chi connectivity index (χ0) is 15.2. The molecule has 2 N–H and O–H groups in total. The number of anilines is 2. The summed E-state index contributed by atoms with van der Waals surface area (Å²) in [5, 5.41) is 0. The number of esters is 1. The minimum absolute atomic E-state index is 0.332. The van der Waals surface area contributed by atoms with E-state index in [-0.39, 0.29) is 5.97 Å². The SMILES string of the molecule is CCCC1CCCCN1c1ccc(N)c(C(=O)OCC)c1. The molecule has 1 aliphatic rings. The summed E-state index contributed by atoms with van der Waals surface area (Å²) in [6, 6.07) is 6.30. The summed E-state index contributed by atoms with van der Waals surface area (Å²) in [5.74, 6) is -0.332. The Hall–Kier alpha value is -1.71. The van der Waals surface area contributed by atoms with Crippen LogP contribution in [0.4, 0.5) is 11.4 Å². The van der Waals surface area contributed by atoms with Crippen molar-refractivity contribution in [1.82, 2.24) is 0 Å². The normalized spacial score (nSPS) is 18.6. The first kappa shape index (κ1) is 15.7. The van der Waals surface area contributed by atoms with E-state index in [9.17, 15) is 4.79 Å². The first-order valence-corrected chi connectivity index (χ1v) is 8.00. The van der Waals surface area contributed by atoms with E-state index in [1.807, 2.05) is 18.2 Å². The number of piperidine rings is 1. The third kappa shape index (κ3) is 3.69. The molecule has 2 rings (SSSR count). The minimum Gasteiger partial charge on any atom is -0.462 e. The van der Waals surface area contributed by atoms with Gasteiger partial charge in [0.1, 0.15) is 0 Å². The predicted molar refractivity (Wildman–Crippen MR) is 86.7 cm³/mol. The van der Waals surface area contributed by atoms with E-state index >= 15 is 0 Å². The molecule has 0 bridgehead atoms. The molecule has 4 heteroatoms. The lowest BCUT2D eigenvalue weighted by atomic mass is 9.97. The van der Waals surface area contributed by atoms with Gasteiger partial charge in [0.25, 0.3) is 0 Å². The molecule has 1 saturated heterocycles. The molecule has 0 aliphatic carbocycles. The Morgan fingerprint density at radius 3 is 2.90 bits per heavy atom. The number of nitrogen functional groups attached to an aromatic ring is 1. The van der Waals surface area contributed by atoms with Gasteiger partial charge in [-0.3, -0.25) is 0 Å². The molecule has 1 aromatic carbocycles. The van der Waals surface area contributed by atoms with Crippen molar-refractivity contribution in [2.24, 2.45) is 0 Å². The molecular formula is C17H26N2O2. The number of ether oxygens (including phenoxy) is 1. The molecule has 0 aromatic heterocycles. The van der Waals surface area contributed by atoms with Crippen LogP contribution in [-0.4, -0.2) is 25.2 Å². The second-order valence-corrected chi connectivity index (χ2v) is 5.62. The van der Waals surface area contributed by atoms with E-state index in [2.05, 4.69) is 11.8 Å². The summed E-state index contributed by atoms with van der Waals surface area (Å²) in [4.78, 5) is 14.4. The highest BCUT2D eigenvalue weighted by atomic mass is 16.5. The van der Waals surface area contributed by atoms with Gasteiger partial charge in [0.15, 0.2) is 0 Å². The number of hydrogen-bond donors (Lipinski definition) is 1. The molecule has 0 saturated carbocycles. The highest BCUT2D eigenvalue weighted by Gasteiger charge is 2.23. The van der Waals surface area contributed by atoms with Gasteiger partial charge >= 0.3 is 5.97 Å². The average Bonchev–Trinajstić information content (AvgIpc) is 2.49. The van der Waals surface area contributed by atoms with Gasteiger partial charge in [-0.25, -0.2) is 4.79 Å². The Kier molecular flexibility index (Phi) is 5.48. The fraction of sp³-hybridized carbons (Fsp3) is 0.588. The fourth-order valence-electron chi connectivity index (χ4n) is 3.08. The quantitative estimate of drug-likeness (QED) is 0.665. The molecular weight excluding hydrogens is 264 g/mol. The third-order valence-corrected chi connectivity index (χ3v) is 4.11. The molecule has 4 nitrogen and oxygen atoms in total. The molecule has 0 spiro atoms. The van der Waals surface area contributed by atoms with Crippen LogP contribution < -0.4 is 10.6 Å². The molecule has 1 fully saturated rings. The van der Waals surface area contributed by atoms with Crippen LogP contribution in [0, 0.1) is 0 Å². The minimum atomic E-state index is -0.332. The standard InChI is InChI=1S/C17H26N2O2/c1-3-7-13-8-5-6-11-19(13)14-9-10-16(18)15(12-14)17(20)21-4-2/h9-10,12-13H,3-8,11,18H2,1-2H3. The van der Waals surface area contributed by atoms with Gasteiger partial charge in [0.05, 0.1) is 12.2 Å². The van der Waals surface area contributed by atoms with Crippen molar-refractivity contribution in [2.75, 3.05) is 23.8 Å². The summed E-state index contributed by atoms with van der Waals surface area (Å²) in [6.07, 6.45) is 6.10. The fourth-order valence-corrected chi connectivity index (χ4v) is 3.08. The number of carbonyl (C=O) groups is 1. The lowest BCUT2D eigenvalue weighted by molar-refractivity contribution is 0.0527. The van der Waals surface area contributed by atoms with Gasteiger partial charge < -0.3 is 15.4 Å². The predicted octanol–water partition coefficient (Wildman–Crippen LogP) is 3.60. The Morgan fingerprint density at radius 2 is 2.19 bits per heavy atom. The maximum absolute atomic E-state index is 12.0. The van der Waals surface area contributed by atoms with Crippen molar-refractivity contribution in [3.05, 3.63) is 23.8 Å². The molecule has 1 heterocycles. The summed E-state index contributed by atoms with van der Waals surface area (Å²) in [5.41, 5.74) is 7.98. The van der Waals surface area contributed by atoms with Crippen molar-refractivity contribution in [1.29, 1.82) is 0 Å². The maximum Gasteiger partial charge on any atom is 0.340 e. The Labute approximate surface area is 127 Å².